The van der Waals surface area contributed by atoms with Gasteiger partial charge in [0.25, 0.3) is 0 Å². The lowest BCUT2D eigenvalue weighted by molar-refractivity contribution is -0.00485. The molecule has 5 heteroatoms. The van der Waals surface area contributed by atoms with E-state index >= 15 is 0 Å². The predicted octanol–water partition coefficient (Wildman–Crippen LogP) is 1.22. The lowest BCUT2D eigenvalue weighted by atomic mass is 10.2. The molecule has 0 aliphatic carbocycles. The van der Waals surface area contributed by atoms with Crippen molar-refractivity contribution >= 4 is 11.7 Å². The number of hydrogen-bond donors (Lipinski definition) is 2. The van der Waals surface area contributed by atoms with Crippen LogP contribution in [-0.2, 0) is 4.74 Å². The molecule has 5 nitrogen and oxygen atoms in total. The van der Waals surface area contributed by atoms with Crippen LogP contribution in [-0.4, -0.2) is 48.4 Å². The summed E-state index contributed by atoms with van der Waals surface area (Å²) >= 11 is 0. The van der Waals surface area contributed by atoms with E-state index in [2.05, 4.69) is 5.32 Å². The topological polar surface area (TPSA) is 61.8 Å². The largest absolute Gasteiger partial charge is 0.394 e. The minimum Gasteiger partial charge on any atom is -0.394 e. The first-order valence-electron chi connectivity index (χ1n) is 6.03. The van der Waals surface area contributed by atoms with E-state index in [9.17, 15) is 9.90 Å². The lowest BCUT2D eigenvalue weighted by Gasteiger charge is -2.34. The van der Waals surface area contributed by atoms with Crippen molar-refractivity contribution in [1.29, 1.82) is 0 Å². The molecule has 0 aromatic heterocycles. The minimum absolute atomic E-state index is 0.0820. The van der Waals surface area contributed by atoms with Gasteiger partial charge in [-0.1, -0.05) is 17.7 Å². The Balaban J connectivity index is 2.00. The zero-order valence-corrected chi connectivity index (χ0v) is 10.4. The summed E-state index contributed by atoms with van der Waals surface area (Å²) in [6.45, 7) is 3.31. The Kier molecular flexibility index (Phi) is 4.17. The van der Waals surface area contributed by atoms with Crippen LogP contribution in [0.25, 0.3) is 0 Å². The van der Waals surface area contributed by atoms with Crippen molar-refractivity contribution in [2.75, 3.05) is 31.7 Å². The Morgan fingerprint density at radius 1 is 1.50 bits per heavy atom. The van der Waals surface area contributed by atoms with Crippen molar-refractivity contribution in [3.05, 3.63) is 29.8 Å². The second kappa shape index (κ2) is 5.84. The van der Waals surface area contributed by atoms with E-state index in [1.54, 1.807) is 4.90 Å². The highest BCUT2D eigenvalue weighted by atomic mass is 16.5. The predicted molar refractivity (Wildman–Crippen MR) is 68.6 cm³/mol. The Morgan fingerprint density at radius 3 is 2.89 bits per heavy atom. The number of nitrogens with one attached hydrogen (secondary N) is 1. The molecule has 2 N–H and O–H groups in total. The smallest absolute Gasteiger partial charge is 0.322 e. The normalized spacial score (nSPS) is 19.7. The number of aryl methyl sites for hydroxylation is 1. The molecular weight excluding hydrogens is 232 g/mol. The van der Waals surface area contributed by atoms with Crippen LogP contribution in [0.15, 0.2) is 24.3 Å². The fourth-order valence-corrected chi connectivity index (χ4v) is 1.91. The van der Waals surface area contributed by atoms with Crippen molar-refractivity contribution in [2.24, 2.45) is 0 Å². The van der Waals surface area contributed by atoms with Crippen molar-refractivity contribution in [3.63, 3.8) is 0 Å². The summed E-state index contributed by atoms with van der Waals surface area (Å²) in [4.78, 5) is 13.7. The van der Waals surface area contributed by atoms with Crippen LogP contribution in [0.1, 0.15) is 5.56 Å². The molecule has 2 amide bonds. The summed E-state index contributed by atoms with van der Waals surface area (Å²) in [5, 5.41) is 12.0. The van der Waals surface area contributed by atoms with Gasteiger partial charge in [-0.3, -0.25) is 0 Å². The lowest BCUT2D eigenvalue weighted by Crippen LogP contribution is -2.52. The summed E-state index contributed by atoms with van der Waals surface area (Å²) in [5.74, 6) is 0. The molecule has 1 heterocycles. The zero-order valence-electron chi connectivity index (χ0n) is 10.4. The van der Waals surface area contributed by atoms with Gasteiger partial charge in [0.05, 0.1) is 25.9 Å². The SMILES string of the molecule is Cc1ccc(NC(=O)N2CCOCC2CO)cc1. The highest BCUT2D eigenvalue weighted by molar-refractivity contribution is 5.89. The van der Waals surface area contributed by atoms with Crippen LogP contribution in [0.4, 0.5) is 10.5 Å². The molecule has 0 radical (unpaired) electrons. The quantitative estimate of drug-likeness (QED) is 0.829. The average molecular weight is 250 g/mol. The number of aliphatic hydroxyl groups is 1. The van der Waals surface area contributed by atoms with Crippen LogP contribution in [0, 0.1) is 6.92 Å². The molecule has 18 heavy (non-hydrogen) atoms. The Labute approximate surface area is 106 Å². The van der Waals surface area contributed by atoms with Crippen LogP contribution < -0.4 is 5.32 Å². The van der Waals surface area contributed by atoms with Crippen LogP contribution in [0.5, 0.6) is 0 Å². The third kappa shape index (κ3) is 3.00. The number of morpholine rings is 1. The van der Waals surface area contributed by atoms with Gasteiger partial charge in [0.15, 0.2) is 0 Å². The third-order valence-corrected chi connectivity index (χ3v) is 3.00. The molecule has 1 saturated heterocycles. The fourth-order valence-electron chi connectivity index (χ4n) is 1.91. The number of amides is 2. The average Bonchev–Trinajstić information content (AvgIpc) is 2.41. The van der Waals surface area contributed by atoms with Crippen molar-refractivity contribution in [2.45, 2.75) is 13.0 Å². The second-order valence-electron chi connectivity index (χ2n) is 4.40. The highest BCUT2D eigenvalue weighted by Crippen LogP contribution is 2.12. The van der Waals surface area contributed by atoms with Gasteiger partial charge in [-0.15, -0.1) is 0 Å². The molecule has 0 saturated carbocycles. The van der Waals surface area contributed by atoms with Gasteiger partial charge in [-0.25, -0.2) is 4.79 Å². The number of benzene rings is 1. The van der Waals surface area contributed by atoms with Gasteiger partial charge in [-0.05, 0) is 19.1 Å². The summed E-state index contributed by atoms with van der Waals surface area (Å²) in [6.07, 6.45) is 0. The van der Waals surface area contributed by atoms with Gasteiger partial charge < -0.3 is 20.1 Å². The molecule has 0 spiro atoms. The molecule has 1 fully saturated rings. The van der Waals surface area contributed by atoms with Gasteiger partial charge in [0, 0.05) is 12.2 Å². The molecule has 1 unspecified atom stereocenters. The van der Waals surface area contributed by atoms with Gasteiger partial charge in [-0.2, -0.15) is 0 Å². The van der Waals surface area contributed by atoms with Gasteiger partial charge in [0.2, 0.25) is 0 Å². The molecule has 2 rings (SSSR count). The number of ether oxygens (including phenoxy) is 1. The number of carbonyl (C=O) groups excluding carboxylic acids is 1. The summed E-state index contributed by atoms with van der Waals surface area (Å²) < 4.78 is 5.24. The molecule has 1 atom stereocenters. The first-order valence-corrected chi connectivity index (χ1v) is 6.03. The maximum Gasteiger partial charge on any atom is 0.322 e. The Hall–Kier alpha value is -1.59. The van der Waals surface area contributed by atoms with E-state index in [0.717, 1.165) is 11.3 Å². The molecule has 98 valence electrons. The van der Waals surface area contributed by atoms with E-state index in [1.807, 2.05) is 31.2 Å². The molecular formula is C13H18N2O3. The number of nitrogens with zero attached hydrogens (tertiary/aromatic N) is 1. The molecule has 1 aromatic carbocycles. The van der Waals surface area contributed by atoms with Crippen LogP contribution in [0.3, 0.4) is 0 Å². The molecule has 0 bridgehead atoms. The number of carbonyl (C=O) groups is 1. The maximum atomic E-state index is 12.1. The summed E-state index contributed by atoms with van der Waals surface area (Å²) in [6, 6.07) is 7.16. The standard InChI is InChI=1S/C13H18N2O3/c1-10-2-4-11(5-3-10)14-13(17)15-6-7-18-9-12(15)8-16/h2-5,12,16H,6-9H2,1H3,(H,14,17). The van der Waals surface area contributed by atoms with Crippen molar-refractivity contribution in [1.82, 2.24) is 4.90 Å². The summed E-state index contributed by atoms with van der Waals surface area (Å²) in [5.41, 5.74) is 1.90. The number of rotatable bonds is 2. The van der Waals surface area contributed by atoms with Crippen LogP contribution in [0.2, 0.25) is 0 Å². The van der Waals surface area contributed by atoms with Crippen LogP contribution >= 0.6 is 0 Å². The minimum atomic E-state index is -0.260. The summed E-state index contributed by atoms with van der Waals surface area (Å²) in [7, 11) is 0. The van der Waals surface area contributed by atoms with Crippen molar-refractivity contribution < 1.29 is 14.6 Å². The van der Waals surface area contributed by atoms with Gasteiger partial charge in [0.1, 0.15) is 0 Å². The zero-order chi connectivity index (χ0) is 13.0. The Bertz CT molecular complexity index is 405. The van der Waals surface area contributed by atoms with E-state index in [0.29, 0.717) is 19.8 Å². The molecule has 1 aliphatic heterocycles. The fraction of sp³-hybridized carbons (Fsp3) is 0.462. The van der Waals surface area contributed by atoms with Crippen molar-refractivity contribution in [3.8, 4) is 0 Å². The molecule has 1 aliphatic rings. The maximum absolute atomic E-state index is 12.1. The van der Waals surface area contributed by atoms with E-state index in [4.69, 9.17) is 4.74 Å². The highest BCUT2D eigenvalue weighted by Gasteiger charge is 2.26. The van der Waals surface area contributed by atoms with Gasteiger partial charge >= 0.3 is 6.03 Å². The number of anilines is 1. The van der Waals surface area contributed by atoms with E-state index < -0.39 is 0 Å². The third-order valence-electron chi connectivity index (χ3n) is 3.00. The number of urea groups is 1. The first-order chi connectivity index (χ1) is 8.70. The van der Waals surface area contributed by atoms with E-state index in [-0.39, 0.29) is 18.7 Å². The second-order valence-corrected chi connectivity index (χ2v) is 4.40. The first kappa shape index (κ1) is 12.9. The monoisotopic (exact) mass is 250 g/mol. The number of hydrogen-bond acceptors (Lipinski definition) is 3. The molecule has 1 aromatic rings. The Morgan fingerprint density at radius 2 is 2.22 bits per heavy atom. The van der Waals surface area contributed by atoms with E-state index in [1.165, 1.54) is 0 Å². The number of aliphatic hydroxyl groups excluding tert-OH is 1.